The topological polar surface area (TPSA) is 80.5 Å². The molecule has 7 nitrogen and oxygen atoms in total. The lowest BCUT2D eigenvalue weighted by atomic mass is 10.1. The van der Waals surface area contributed by atoms with E-state index in [1.165, 1.54) is 0 Å². The standard InChI is InChI=1S/C17H30N4O3/c1-6-14(15-18-12(2)24-20-15)19-13-8-7-10-21(11-9-13)16(22)23-17(3,4)5/h13-14,19H,6-11H2,1-5H3. The van der Waals surface area contributed by atoms with Crippen LogP contribution in [0.15, 0.2) is 4.52 Å². The van der Waals surface area contributed by atoms with E-state index in [1.54, 1.807) is 6.92 Å². The average Bonchev–Trinajstić information content (AvgIpc) is 2.78. The van der Waals surface area contributed by atoms with Gasteiger partial charge in [-0.25, -0.2) is 4.79 Å². The number of carbonyl (C=O) groups is 1. The highest BCUT2D eigenvalue weighted by atomic mass is 16.6. The lowest BCUT2D eigenvalue weighted by molar-refractivity contribution is 0.0256. The van der Waals surface area contributed by atoms with Crippen molar-refractivity contribution in [2.24, 2.45) is 0 Å². The monoisotopic (exact) mass is 338 g/mol. The highest BCUT2D eigenvalue weighted by Crippen LogP contribution is 2.20. The molecule has 1 saturated heterocycles. The average molecular weight is 338 g/mol. The number of hydrogen-bond acceptors (Lipinski definition) is 6. The minimum atomic E-state index is -0.454. The summed E-state index contributed by atoms with van der Waals surface area (Å²) in [6.07, 6.45) is 3.55. The second-order valence-electron chi connectivity index (χ2n) is 7.39. The summed E-state index contributed by atoms with van der Waals surface area (Å²) in [6, 6.07) is 0.418. The molecule has 0 radical (unpaired) electrons. The molecule has 2 atom stereocenters. The minimum Gasteiger partial charge on any atom is -0.444 e. The van der Waals surface area contributed by atoms with Crippen molar-refractivity contribution in [3.8, 4) is 0 Å². The van der Waals surface area contributed by atoms with Crippen LogP contribution >= 0.6 is 0 Å². The molecular formula is C17H30N4O3. The van der Waals surface area contributed by atoms with Crippen molar-refractivity contribution in [1.29, 1.82) is 0 Å². The third kappa shape index (κ3) is 5.47. The third-order valence-corrected chi connectivity index (χ3v) is 4.08. The van der Waals surface area contributed by atoms with Gasteiger partial charge in [-0.15, -0.1) is 0 Å². The van der Waals surface area contributed by atoms with E-state index in [1.807, 2.05) is 25.7 Å². The molecule has 1 amide bonds. The maximum atomic E-state index is 12.2. The Kier molecular flexibility index (Phi) is 6.21. The number of rotatable bonds is 4. The zero-order chi connectivity index (χ0) is 17.7. The van der Waals surface area contributed by atoms with Gasteiger partial charge in [-0.1, -0.05) is 12.1 Å². The van der Waals surface area contributed by atoms with Crippen LogP contribution in [0.3, 0.4) is 0 Å². The number of aromatic nitrogens is 2. The van der Waals surface area contributed by atoms with Gasteiger partial charge in [0.25, 0.3) is 0 Å². The van der Waals surface area contributed by atoms with Gasteiger partial charge in [-0.3, -0.25) is 0 Å². The lowest BCUT2D eigenvalue weighted by Gasteiger charge is -2.26. The van der Waals surface area contributed by atoms with Gasteiger partial charge in [0.2, 0.25) is 5.89 Å². The van der Waals surface area contributed by atoms with Crippen molar-refractivity contribution in [2.45, 2.75) is 78.0 Å². The Balaban J connectivity index is 1.89. The van der Waals surface area contributed by atoms with E-state index in [0.717, 1.165) is 32.2 Å². The Morgan fingerprint density at radius 1 is 1.42 bits per heavy atom. The summed E-state index contributed by atoms with van der Waals surface area (Å²) in [5.74, 6) is 1.30. The Hall–Kier alpha value is -1.63. The minimum absolute atomic E-state index is 0.0838. The Labute approximate surface area is 144 Å². The zero-order valence-corrected chi connectivity index (χ0v) is 15.5. The predicted molar refractivity (Wildman–Crippen MR) is 90.6 cm³/mol. The summed E-state index contributed by atoms with van der Waals surface area (Å²) in [6.45, 7) is 11.0. The highest BCUT2D eigenvalue weighted by molar-refractivity contribution is 5.68. The Morgan fingerprint density at radius 2 is 2.17 bits per heavy atom. The second kappa shape index (κ2) is 7.96. The maximum Gasteiger partial charge on any atom is 0.410 e. The third-order valence-electron chi connectivity index (χ3n) is 4.08. The molecular weight excluding hydrogens is 308 g/mol. The molecule has 0 bridgehead atoms. The maximum absolute atomic E-state index is 12.2. The first-order chi connectivity index (χ1) is 11.3. The molecule has 1 N–H and O–H groups in total. The van der Waals surface area contributed by atoms with Gasteiger partial charge in [0.05, 0.1) is 6.04 Å². The van der Waals surface area contributed by atoms with E-state index in [2.05, 4.69) is 22.4 Å². The summed E-state index contributed by atoms with van der Waals surface area (Å²) in [7, 11) is 0. The van der Waals surface area contributed by atoms with E-state index in [-0.39, 0.29) is 12.1 Å². The van der Waals surface area contributed by atoms with Crippen molar-refractivity contribution in [1.82, 2.24) is 20.4 Å². The van der Waals surface area contributed by atoms with E-state index in [9.17, 15) is 4.79 Å². The lowest BCUT2D eigenvalue weighted by Crippen LogP contribution is -2.38. The molecule has 0 saturated carbocycles. The van der Waals surface area contributed by atoms with Crippen molar-refractivity contribution in [2.75, 3.05) is 13.1 Å². The molecule has 1 aliphatic heterocycles. The van der Waals surface area contributed by atoms with Crippen LogP contribution in [0.1, 0.15) is 71.1 Å². The highest BCUT2D eigenvalue weighted by Gasteiger charge is 2.27. The van der Waals surface area contributed by atoms with E-state index in [4.69, 9.17) is 9.26 Å². The molecule has 1 aromatic rings. The van der Waals surface area contributed by atoms with E-state index >= 15 is 0 Å². The van der Waals surface area contributed by atoms with Crippen molar-refractivity contribution >= 4 is 6.09 Å². The molecule has 24 heavy (non-hydrogen) atoms. The molecule has 2 heterocycles. The normalized spacial score (nSPS) is 20.5. The number of carbonyl (C=O) groups excluding carboxylic acids is 1. The fourth-order valence-corrected chi connectivity index (χ4v) is 2.89. The number of amides is 1. The summed E-state index contributed by atoms with van der Waals surface area (Å²) < 4.78 is 10.6. The largest absolute Gasteiger partial charge is 0.444 e. The fraction of sp³-hybridized carbons (Fsp3) is 0.824. The van der Waals surface area contributed by atoms with Crippen LogP contribution in [0.2, 0.25) is 0 Å². The van der Waals surface area contributed by atoms with Gasteiger partial charge >= 0.3 is 6.09 Å². The molecule has 1 aromatic heterocycles. The van der Waals surface area contributed by atoms with Gasteiger partial charge in [0.1, 0.15) is 5.60 Å². The number of nitrogens with one attached hydrogen (secondary N) is 1. The quantitative estimate of drug-likeness (QED) is 0.908. The van der Waals surface area contributed by atoms with Gasteiger partial charge in [0, 0.05) is 26.1 Å². The molecule has 0 spiro atoms. The molecule has 1 fully saturated rings. The van der Waals surface area contributed by atoms with Crippen molar-refractivity contribution in [3.05, 3.63) is 11.7 Å². The summed E-state index contributed by atoms with van der Waals surface area (Å²) >= 11 is 0. The number of ether oxygens (including phenoxy) is 1. The van der Waals surface area contributed by atoms with Crippen molar-refractivity contribution < 1.29 is 14.1 Å². The second-order valence-corrected chi connectivity index (χ2v) is 7.39. The van der Waals surface area contributed by atoms with Crippen molar-refractivity contribution in [3.63, 3.8) is 0 Å². The summed E-state index contributed by atoms with van der Waals surface area (Å²) in [4.78, 5) is 18.4. The Morgan fingerprint density at radius 3 is 2.75 bits per heavy atom. The fourth-order valence-electron chi connectivity index (χ4n) is 2.89. The summed E-state index contributed by atoms with van der Waals surface area (Å²) in [5.41, 5.74) is -0.454. The number of hydrogen-bond donors (Lipinski definition) is 1. The van der Waals surface area contributed by atoms with Crippen LogP contribution in [0.5, 0.6) is 0 Å². The first-order valence-corrected chi connectivity index (χ1v) is 8.82. The predicted octanol–water partition coefficient (Wildman–Crippen LogP) is 3.21. The number of aryl methyl sites for hydroxylation is 1. The molecule has 7 heteroatoms. The molecule has 0 aliphatic carbocycles. The SMILES string of the molecule is CCC(NC1CCCN(C(=O)OC(C)(C)C)CC1)c1noc(C)n1. The van der Waals surface area contributed by atoms with Crippen LogP contribution in [0.25, 0.3) is 0 Å². The van der Waals surface area contributed by atoms with Gasteiger partial charge in [0.15, 0.2) is 5.82 Å². The first kappa shape index (κ1) is 18.7. The zero-order valence-electron chi connectivity index (χ0n) is 15.5. The van der Waals surface area contributed by atoms with Crippen LogP contribution in [0.4, 0.5) is 4.79 Å². The molecule has 136 valence electrons. The molecule has 2 rings (SSSR count). The van der Waals surface area contributed by atoms with Gasteiger partial charge in [-0.05, 0) is 46.5 Å². The Bertz CT molecular complexity index is 538. The van der Waals surface area contributed by atoms with Crippen LogP contribution < -0.4 is 5.32 Å². The van der Waals surface area contributed by atoms with Gasteiger partial charge < -0.3 is 19.5 Å². The number of nitrogens with zero attached hydrogens (tertiary/aromatic N) is 3. The molecule has 0 aromatic carbocycles. The summed E-state index contributed by atoms with van der Waals surface area (Å²) in [5, 5.41) is 7.65. The number of likely N-dealkylation sites (tertiary alicyclic amines) is 1. The van der Waals surface area contributed by atoms with Gasteiger partial charge in [-0.2, -0.15) is 4.98 Å². The smallest absolute Gasteiger partial charge is 0.410 e. The van der Waals surface area contributed by atoms with Crippen LogP contribution in [0, 0.1) is 6.92 Å². The molecule has 2 unspecified atom stereocenters. The van der Waals surface area contributed by atoms with E-state index < -0.39 is 5.60 Å². The van der Waals surface area contributed by atoms with E-state index in [0.29, 0.717) is 24.3 Å². The first-order valence-electron chi connectivity index (χ1n) is 8.82. The van der Waals surface area contributed by atoms with Crippen LogP contribution in [-0.4, -0.2) is 45.9 Å². The molecule has 1 aliphatic rings. The van der Waals surface area contributed by atoms with Crippen LogP contribution in [-0.2, 0) is 4.74 Å².